The molecule has 5 nitrogen and oxygen atoms in total. The number of hydrogen-bond donors (Lipinski definition) is 2. The van der Waals surface area contributed by atoms with Crippen molar-refractivity contribution < 1.29 is 14.7 Å². The van der Waals surface area contributed by atoms with Crippen LogP contribution in [-0.2, 0) is 9.59 Å². The standard InChI is InChI=1S/C14H24N2O3/c15-12-7-3-1-2-6-11(12)13(17)16-8-4-5-10(9-16)14(18)19/h10-12H,1-9,15H2,(H,18,19). The van der Waals surface area contributed by atoms with Crippen molar-refractivity contribution in [3.63, 3.8) is 0 Å². The van der Waals surface area contributed by atoms with Crippen LogP contribution in [0.4, 0.5) is 0 Å². The smallest absolute Gasteiger partial charge is 0.308 e. The monoisotopic (exact) mass is 268 g/mol. The number of likely N-dealkylation sites (tertiary alicyclic amines) is 1. The van der Waals surface area contributed by atoms with Gasteiger partial charge in [0.1, 0.15) is 0 Å². The van der Waals surface area contributed by atoms with Crippen LogP contribution in [0.2, 0.25) is 0 Å². The zero-order chi connectivity index (χ0) is 13.8. The van der Waals surface area contributed by atoms with Crippen molar-refractivity contribution in [3.05, 3.63) is 0 Å². The molecule has 19 heavy (non-hydrogen) atoms. The van der Waals surface area contributed by atoms with E-state index in [1.165, 1.54) is 0 Å². The van der Waals surface area contributed by atoms with Crippen molar-refractivity contribution in [2.24, 2.45) is 17.6 Å². The highest BCUT2D eigenvalue weighted by Gasteiger charge is 2.34. The van der Waals surface area contributed by atoms with Crippen LogP contribution in [0.25, 0.3) is 0 Å². The van der Waals surface area contributed by atoms with Crippen LogP contribution in [0.15, 0.2) is 0 Å². The highest BCUT2D eigenvalue weighted by Crippen LogP contribution is 2.26. The average molecular weight is 268 g/mol. The first-order valence-corrected chi connectivity index (χ1v) is 7.36. The maximum absolute atomic E-state index is 12.5. The van der Waals surface area contributed by atoms with Crippen LogP contribution < -0.4 is 5.73 Å². The molecule has 0 aromatic rings. The number of carboxylic acid groups (broad SMARTS) is 1. The highest BCUT2D eigenvalue weighted by molar-refractivity contribution is 5.80. The molecule has 3 atom stereocenters. The molecule has 1 aliphatic heterocycles. The Morgan fingerprint density at radius 2 is 1.79 bits per heavy atom. The Morgan fingerprint density at radius 3 is 2.53 bits per heavy atom. The number of carbonyl (C=O) groups excluding carboxylic acids is 1. The van der Waals surface area contributed by atoms with Crippen molar-refractivity contribution in [1.82, 2.24) is 4.90 Å². The molecule has 0 aromatic heterocycles. The van der Waals surface area contributed by atoms with Crippen LogP contribution in [0, 0.1) is 11.8 Å². The summed E-state index contributed by atoms with van der Waals surface area (Å²) in [5, 5.41) is 9.08. The molecule has 0 spiro atoms. The summed E-state index contributed by atoms with van der Waals surface area (Å²) in [4.78, 5) is 25.3. The van der Waals surface area contributed by atoms with Crippen LogP contribution >= 0.6 is 0 Å². The molecule has 1 amide bonds. The van der Waals surface area contributed by atoms with Gasteiger partial charge in [0.25, 0.3) is 0 Å². The van der Waals surface area contributed by atoms with Crippen molar-refractivity contribution in [3.8, 4) is 0 Å². The number of rotatable bonds is 2. The summed E-state index contributed by atoms with van der Waals surface area (Å²) in [5.41, 5.74) is 6.12. The lowest BCUT2D eigenvalue weighted by molar-refractivity contribution is -0.147. The van der Waals surface area contributed by atoms with Gasteiger partial charge in [-0.25, -0.2) is 0 Å². The Balaban J connectivity index is 1.99. The molecule has 108 valence electrons. The lowest BCUT2D eigenvalue weighted by atomic mass is 9.91. The van der Waals surface area contributed by atoms with E-state index in [1.54, 1.807) is 4.90 Å². The van der Waals surface area contributed by atoms with Gasteiger partial charge in [-0.2, -0.15) is 0 Å². The van der Waals surface area contributed by atoms with E-state index in [1.807, 2.05) is 0 Å². The molecule has 0 bridgehead atoms. The van der Waals surface area contributed by atoms with Crippen LogP contribution in [0.5, 0.6) is 0 Å². The van der Waals surface area contributed by atoms with E-state index >= 15 is 0 Å². The van der Waals surface area contributed by atoms with Gasteiger partial charge in [0.2, 0.25) is 5.91 Å². The molecule has 1 heterocycles. The van der Waals surface area contributed by atoms with Crippen LogP contribution in [0.1, 0.15) is 44.9 Å². The molecule has 0 radical (unpaired) electrons. The molecule has 1 aliphatic carbocycles. The van der Waals surface area contributed by atoms with Crippen LogP contribution in [0.3, 0.4) is 0 Å². The number of hydrogen-bond acceptors (Lipinski definition) is 3. The van der Waals surface area contributed by atoms with E-state index in [0.29, 0.717) is 19.5 Å². The van der Waals surface area contributed by atoms with Gasteiger partial charge in [-0.1, -0.05) is 19.3 Å². The topological polar surface area (TPSA) is 83.6 Å². The molecule has 1 saturated heterocycles. The molecule has 3 unspecified atom stereocenters. The Hall–Kier alpha value is -1.10. The third kappa shape index (κ3) is 3.47. The molecule has 3 N–H and O–H groups in total. The fourth-order valence-corrected chi connectivity index (χ4v) is 3.26. The van der Waals surface area contributed by atoms with E-state index in [-0.39, 0.29) is 17.9 Å². The SMILES string of the molecule is NC1CCCCCC1C(=O)N1CCCC(C(=O)O)C1. The predicted molar refractivity (Wildman–Crippen MR) is 71.5 cm³/mol. The lowest BCUT2D eigenvalue weighted by Gasteiger charge is -2.34. The van der Waals surface area contributed by atoms with Crippen molar-refractivity contribution in [2.45, 2.75) is 51.0 Å². The van der Waals surface area contributed by atoms with Crippen molar-refractivity contribution >= 4 is 11.9 Å². The van der Waals surface area contributed by atoms with Gasteiger partial charge in [-0.05, 0) is 25.7 Å². The highest BCUT2D eigenvalue weighted by atomic mass is 16.4. The van der Waals surface area contributed by atoms with E-state index in [0.717, 1.165) is 38.5 Å². The van der Waals surface area contributed by atoms with Gasteiger partial charge in [0, 0.05) is 19.1 Å². The second-order valence-corrected chi connectivity index (χ2v) is 5.87. The van der Waals surface area contributed by atoms with Gasteiger partial charge < -0.3 is 15.7 Å². The number of aliphatic carboxylic acids is 1. The summed E-state index contributed by atoms with van der Waals surface area (Å²) in [5.74, 6) is -1.21. The fourth-order valence-electron chi connectivity index (χ4n) is 3.26. The van der Waals surface area contributed by atoms with Crippen molar-refractivity contribution in [2.75, 3.05) is 13.1 Å². The molecule has 0 aromatic carbocycles. The molecular formula is C14H24N2O3. The summed E-state index contributed by atoms with van der Waals surface area (Å²) in [7, 11) is 0. The first-order chi connectivity index (χ1) is 9.09. The molecule has 1 saturated carbocycles. The minimum atomic E-state index is -0.789. The third-order valence-corrected chi connectivity index (χ3v) is 4.47. The number of nitrogens with two attached hydrogens (primary N) is 1. The largest absolute Gasteiger partial charge is 0.481 e. The number of nitrogens with zero attached hydrogens (tertiary/aromatic N) is 1. The van der Waals surface area contributed by atoms with Gasteiger partial charge in [-0.15, -0.1) is 0 Å². The minimum absolute atomic E-state index is 0.0554. The summed E-state index contributed by atoms with van der Waals surface area (Å²) < 4.78 is 0. The average Bonchev–Trinajstić information content (AvgIpc) is 2.63. The Labute approximate surface area is 114 Å². The summed E-state index contributed by atoms with van der Waals surface area (Å²) >= 11 is 0. The van der Waals surface area contributed by atoms with E-state index in [2.05, 4.69) is 0 Å². The van der Waals surface area contributed by atoms with Gasteiger partial charge in [0.05, 0.1) is 11.8 Å². The van der Waals surface area contributed by atoms with Crippen molar-refractivity contribution in [1.29, 1.82) is 0 Å². The fraction of sp³-hybridized carbons (Fsp3) is 0.857. The second-order valence-electron chi connectivity index (χ2n) is 5.87. The van der Waals surface area contributed by atoms with E-state index in [9.17, 15) is 9.59 Å². The van der Waals surface area contributed by atoms with Gasteiger partial charge in [0.15, 0.2) is 0 Å². The minimum Gasteiger partial charge on any atom is -0.481 e. The maximum atomic E-state index is 12.5. The number of carboxylic acids is 1. The van der Waals surface area contributed by atoms with E-state index in [4.69, 9.17) is 10.8 Å². The molecule has 5 heteroatoms. The second kappa shape index (κ2) is 6.37. The summed E-state index contributed by atoms with van der Waals surface area (Å²) in [6.45, 7) is 1.04. The normalized spacial score (nSPS) is 32.7. The van der Waals surface area contributed by atoms with Gasteiger partial charge in [-0.3, -0.25) is 9.59 Å². The zero-order valence-corrected chi connectivity index (χ0v) is 11.4. The summed E-state index contributed by atoms with van der Waals surface area (Å²) in [6, 6.07) is -0.0554. The summed E-state index contributed by atoms with van der Waals surface area (Å²) in [6.07, 6.45) is 6.53. The number of carbonyl (C=O) groups is 2. The van der Waals surface area contributed by atoms with E-state index < -0.39 is 11.9 Å². The maximum Gasteiger partial charge on any atom is 0.308 e. The molecule has 2 fully saturated rings. The lowest BCUT2D eigenvalue weighted by Crippen LogP contribution is -2.48. The predicted octanol–water partition coefficient (Wildman–Crippen LogP) is 1.22. The molecular weight excluding hydrogens is 244 g/mol. The quantitative estimate of drug-likeness (QED) is 0.737. The third-order valence-electron chi connectivity index (χ3n) is 4.47. The first-order valence-electron chi connectivity index (χ1n) is 7.36. The van der Waals surface area contributed by atoms with Gasteiger partial charge >= 0.3 is 5.97 Å². The Kier molecular flexibility index (Phi) is 4.80. The molecule has 2 rings (SSSR count). The first kappa shape index (κ1) is 14.3. The van der Waals surface area contributed by atoms with Crippen LogP contribution in [-0.4, -0.2) is 41.0 Å². The number of piperidine rings is 1. The Morgan fingerprint density at radius 1 is 1.05 bits per heavy atom. The Bertz CT molecular complexity index is 346. The molecule has 2 aliphatic rings. The zero-order valence-electron chi connectivity index (χ0n) is 11.4. The number of amides is 1.